The number of carbonyl (C=O) groups is 1. The van der Waals surface area contributed by atoms with E-state index in [9.17, 15) is 9.90 Å². The Kier molecular flexibility index (Phi) is 4.71. The van der Waals surface area contributed by atoms with Gasteiger partial charge in [0.05, 0.1) is 6.04 Å². The summed E-state index contributed by atoms with van der Waals surface area (Å²) in [4.78, 5) is 14.1. The van der Waals surface area contributed by atoms with Crippen LogP contribution in [0, 0.1) is 0 Å². The summed E-state index contributed by atoms with van der Waals surface area (Å²) in [6.07, 6.45) is 0.511. The summed E-state index contributed by atoms with van der Waals surface area (Å²) < 4.78 is 0. The summed E-state index contributed by atoms with van der Waals surface area (Å²) in [6.45, 7) is 3.71. The number of aromatic hydroxyl groups is 1. The Bertz CT molecular complexity index is 436. The molecule has 1 amide bonds. The molecule has 0 aromatic heterocycles. The second-order valence-corrected chi connectivity index (χ2v) is 6.49. The van der Waals surface area contributed by atoms with Gasteiger partial charge in [0, 0.05) is 24.1 Å². The molecule has 3 N–H and O–H groups in total. The maximum absolute atomic E-state index is 12.3. The largest absolute Gasteiger partial charge is 0.508 e. The van der Waals surface area contributed by atoms with E-state index in [2.05, 4.69) is 6.92 Å². The minimum Gasteiger partial charge on any atom is -0.508 e. The van der Waals surface area contributed by atoms with Crippen LogP contribution in [0.15, 0.2) is 24.3 Å². The third-order valence-corrected chi connectivity index (χ3v) is 4.40. The van der Waals surface area contributed by atoms with Crippen molar-refractivity contribution in [3.8, 4) is 5.75 Å². The van der Waals surface area contributed by atoms with Crippen molar-refractivity contribution in [2.45, 2.75) is 24.6 Å². The van der Waals surface area contributed by atoms with Crippen molar-refractivity contribution in [3.05, 3.63) is 29.8 Å². The van der Waals surface area contributed by atoms with Crippen LogP contribution >= 0.6 is 11.8 Å². The molecule has 1 fully saturated rings. The van der Waals surface area contributed by atoms with E-state index < -0.39 is 6.04 Å². The van der Waals surface area contributed by atoms with Gasteiger partial charge in [0.25, 0.3) is 0 Å². The zero-order chi connectivity index (χ0) is 13.8. The van der Waals surface area contributed by atoms with E-state index in [0.29, 0.717) is 11.7 Å². The molecule has 2 atom stereocenters. The van der Waals surface area contributed by atoms with Gasteiger partial charge in [0.2, 0.25) is 5.91 Å². The van der Waals surface area contributed by atoms with E-state index in [1.54, 1.807) is 24.3 Å². The first-order valence-corrected chi connectivity index (χ1v) is 7.55. The highest BCUT2D eigenvalue weighted by atomic mass is 32.2. The van der Waals surface area contributed by atoms with Gasteiger partial charge in [-0.2, -0.15) is 11.8 Å². The predicted molar refractivity (Wildman–Crippen MR) is 78.3 cm³/mol. The summed E-state index contributed by atoms with van der Waals surface area (Å²) in [7, 11) is 0. The molecular formula is C14H20N2O2S. The molecule has 104 valence electrons. The zero-order valence-electron chi connectivity index (χ0n) is 11.1. The number of amides is 1. The van der Waals surface area contributed by atoms with Gasteiger partial charge < -0.3 is 15.7 Å². The van der Waals surface area contributed by atoms with Crippen LogP contribution in [0.1, 0.15) is 12.5 Å². The summed E-state index contributed by atoms with van der Waals surface area (Å²) >= 11 is 1.89. The lowest BCUT2D eigenvalue weighted by molar-refractivity contribution is -0.132. The lowest BCUT2D eigenvalue weighted by Gasteiger charge is -2.32. The lowest BCUT2D eigenvalue weighted by atomic mass is 10.1. The van der Waals surface area contributed by atoms with Crippen LogP contribution in [0.4, 0.5) is 0 Å². The second-order valence-electron chi connectivity index (χ2n) is 4.94. The van der Waals surface area contributed by atoms with Gasteiger partial charge in [-0.25, -0.2) is 0 Å². The fraction of sp³-hybridized carbons (Fsp3) is 0.500. The van der Waals surface area contributed by atoms with Crippen molar-refractivity contribution in [3.63, 3.8) is 0 Å². The molecule has 0 spiro atoms. The number of benzene rings is 1. The highest BCUT2D eigenvalue weighted by molar-refractivity contribution is 7.99. The van der Waals surface area contributed by atoms with E-state index >= 15 is 0 Å². The van der Waals surface area contributed by atoms with Crippen LogP contribution in [-0.4, -0.2) is 46.0 Å². The SMILES string of the molecule is CC1CN(C(=O)[C@@H](N)Cc2ccc(O)cc2)CCS1. The average Bonchev–Trinajstić information content (AvgIpc) is 2.40. The normalized spacial score (nSPS) is 21.2. The third-order valence-electron chi connectivity index (χ3n) is 3.26. The van der Waals surface area contributed by atoms with Crippen molar-refractivity contribution >= 4 is 17.7 Å². The number of rotatable bonds is 3. The fourth-order valence-corrected chi connectivity index (χ4v) is 3.24. The topological polar surface area (TPSA) is 66.6 Å². The molecule has 0 aliphatic carbocycles. The molecule has 0 radical (unpaired) electrons. The third kappa shape index (κ3) is 3.88. The summed E-state index contributed by atoms with van der Waals surface area (Å²) in [5.41, 5.74) is 6.97. The van der Waals surface area contributed by atoms with Gasteiger partial charge >= 0.3 is 0 Å². The number of hydrogen-bond acceptors (Lipinski definition) is 4. The van der Waals surface area contributed by atoms with Gasteiger partial charge in [-0.1, -0.05) is 19.1 Å². The number of hydrogen-bond donors (Lipinski definition) is 2. The lowest BCUT2D eigenvalue weighted by Crippen LogP contribution is -2.49. The molecule has 1 heterocycles. The number of carbonyl (C=O) groups excluding carboxylic acids is 1. The molecule has 4 nitrogen and oxygen atoms in total. The molecule has 0 bridgehead atoms. The van der Waals surface area contributed by atoms with Crippen LogP contribution < -0.4 is 5.73 Å². The molecule has 5 heteroatoms. The monoisotopic (exact) mass is 280 g/mol. The van der Waals surface area contributed by atoms with Crippen molar-refractivity contribution in [1.29, 1.82) is 0 Å². The second kappa shape index (κ2) is 6.30. The summed E-state index contributed by atoms with van der Waals surface area (Å²) in [5.74, 6) is 1.24. The molecule has 1 saturated heterocycles. The molecule has 2 rings (SSSR count). The van der Waals surface area contributed by atoms with Gasteiger partial charge in [0.1, 0.15) is 5.75 Å². The van der Waals surface area contributed by atoms with Gasteiger partial charge in [-0.05, 0) is 24.1 Å². The standard InChI is InChI=1S/C14H20N2O2S/c1-10-9-16(6-7-19-10)14(18)13(15)8-11-2-4-12(17)5-3-11/h2-5,10,13,17H,6-9,15H2,1H3/t10?,13-/m0/s1. The molecule has 1 aliphatic rings. The predicted octanol–water partition coefficient (Wildman–Crippen LogP) is 1.23. The number of phenols is 1. The van der Waals surface area contributed by atoms with Crippen molar-refractivity contribution in [1.82, 2.24) is 4.90 Å². The Labute approximate surface area is 118 Å². The van der Waals surface area contributed by atoms with E-state index in [-0.39, 0.29) is 11.7 Å². The first-order valence-electron chi connectivity index (χ1n) is 6.50. The molecule has 19 heavy (non-hydrogen) atoms. The fourth-order valence-electron chi connectivity index (χ4n) is 2.23. The molecule has 0 saturated carbocycles. The minimum absolute atomic E-state index is 0.0280. The Morgan fingerprint density at radius 2 is 2.21 bits per heavy atom. The number of phenolic OH excluding ortho intramolecular Hbond substituents is 1. The van der Waals surface area contributed by atoms with Crippen LogP contribution in [0.3, 0.4) is 0 Å². The number of thioether (sulfide) groups is 1. The highest BCUT2D eigenvalue weighted by Crippen LogP contribution is 2.19. The van der Waals surface area contributed by atoms with Crippen molar-refractivity contribution in [2.24, 2.45) is 5.73 Å². The van der Waals surface area contributed by atoms with E-state index in [1.165, 1.54) is 0 Å². The van der Waals surface area contributed by atoms with Crippen molar-refractivity contribution < 1.29 is 9.90 Å². The van der Waals surface area contributed by atoms with E-state index in [4.69, 9.17) is 5.73 Å². The average molecular weight is 280 g/mol. The Morgan fingerprint density at radius 1 is 1.53 bits per heavy atom. The number of nitrogens with zero attached hydrogens (tertiary/aromatic N) is 1. The maximum atomic E-state index is 12.3. The van der Waals surface area contributed by atoms with Crippen LogP contribution in [0.25, 0.3) is 0 Å². The van der Waals surface area contributed by atoms with E-state index in [1.807, 2.05) is 16.7 Å². The Balaban J connectivity index is 1.93. The molecule has 1 aliphatic heterocycles. The van der Waals surface area contributed by atoms with Crippen LogP contribution in [0.2, 0.25) is 0 Å². The summed E-state index contributed by atoms with van der Waals surface area (Å²) in [6, 6.07) is 6.34. The van der Waals surface area contributed by atoms with Gasteiger partial charge in [-0.15, -0.1) is 0 Å². The van der Waals surface area contributed by atoms with Crippen LogP contribution in [0.5, 0.6) is 5.75 Å². The molecular weight excluding hydrogens is 260 g/mol. The Morgan fingerprint density at radius 3 is 2.84 bits per heavy atom. The maximum Gasteiger partial charge on any atom is 0.239 e. The number of nitrogens with two attached hydrogens (primary N) is 1. The highest BCUT2D eigenvalue weighted by Gasteiger charge is 2.25. The molecule has 1 unspecified atom stereocenters. The summed E-state index contributed by atoms with van der Waals surface area (Å²) in [5, 5.41) is 9.71. The Hall–Kier alpha value is -1.20. The van der Waals surface area contributed by atoms with Crippen LogP contribution in [-0.2, 0) is 11.2 Å². The smallest absolute Gasteiger partial charge is 0.239 e. The molecule has 1 aromatic rings. The van der Waals surface area contributed by atoms with Crippen molar-refractivity contribution in [2.75, 3.05) is 18.8 Å². The van der Waals surface area contributed by atoms with Gasteiger partial charge in [-0.3, -0.25) is 4.79 Å². The minimum atomic E-state index is -0.500. The first kappa shape index (κ1) is 14.2. The first-order chi connectivity index (χ1) is 9.06. The quantitative estimate of drug-likeness (QED) is 0.874. The zero-order valence-corrected chi connectivity index (χ0v) is 11.9. The molecule has 1 aromatic carbocycles. The van der Waals surface area contributed by atoms with E-state index in [0.717, 1.165) is 24.4 Å². The van der Waals surface area contributed by atoms with Gasteiger partial charge in [0.15, 0.2) is 0 Å².